The van der Waals surface area contributed by atoms with Crippen LogP contribution >= 0.6 is 0 Å². The lowest BCUT2D eigenvalue weighted by molar-refractivity contribution is -0.131. The van der Waals surface area contributed by atoms with E-state index < -0.39 is 10.0 Å². The normalized spacial score (nSPS) is 17.8. The van der Waals surface area contributed by atoms with Crippen molar-refractivity contribution in [1.29, 1.82) is 0 Å². The quantitative estimate of drug-likeness (QED) is 0.666. The minimum atomic E-state index is -3.51. The summed E-state index contributed by atoms with van der Waals surface area (Å²) in [5.41, 5.74) is 1.52. The topological polar surface area (TPSA) is 69.7 Å². The largest absolute Gasteiger partial charge is 0.366 e. The second kappa shape index (κ2) is 10.7. The molecule has 0 radical (unpaired) electrons. The van der Waals surface area contributed by atoms with Gasteiger partial charge in [-0.05, 0) is 49.1 Å². The van der Waals surface area contributed by atoms with Crippen LogP contribution in [0.15, 0.2) is 53.4 Å². The summed E-state index contributed by atoms with van der Waals surface area (Å²) in [5, 5.41) is 0. The van der Waals surface area contributed by atoms with Crippen LogP contribution in [0.5, 0.6) is 0 Å². The van der Waals surface area contributed by atoms with Crippen molar-refractivity contribution >= 4 is 21.6 Å². The molecule has 0 spiro atoms. The zero-order valence-corrected chi connectivity index (χ0v) is 19.7. The summed E-state index contributed by atoms with van der Waals surface area (Å²) in [6, 6.07) is 13.6. The highest BCUT2D eigenvalue weighted by Gasteiger charge is 2.23. The van der Waals surface area contributed by atoms with Crippen molar-refractivity contribution in [2.75, 3.05) is 31.1 Å². The molecule has 2 aliphatic rings. The molecule has 1 heterocycles. The number of amides is 1. The summed E-state index contributed by atoms with van der Waals surface area (Å²) < 4.78 is 42.1. The zero-order valence-electron chi connectivity index (χ0n) is 18.9. The molecule has 2 fully saturated rings. The fraction of sp³-hybridized carbons (Fsp3) is 0.480. The molecule has 178 valence electrons. The van der Waals surface area contributed by atoms with Gasteiger partial charge in [-0.2, -0.15) is 0 Å². The van der Waals surface area contributed by atoms with Crippen LogP contribution in [-0.2, 0) is 21.2 Å². The van der Waals surface area contributed by atoms with Gasteiger partial charge in [0.2, 0.25) is 15.9 Å². The summed E-state index contributed by atoms with van der Waals surface area (Å²) in [4.78, 5) is 16.7. The molecule has 1 saturated carbocycles. The minimum Gasteiger partial charge on any atom is -0.366 e. The second-order valence-corrected chi connectivity index (χ2v) is 10.6. The number of aryl methyl sites for hydroxylation is 1. The number of carbonyl (C=O) groups excluding carboxylic acids is 1. The van der Waals surface area contributed by atoms with Gasteiger partial charge in [0.15, 0.2) is 0 Å². The Kier molecular flexibility index (Phi) is 7.65. The minimum absolute atomic E-state index is 0.0277. The Labute approximate surface area is 195 Å². The van der Waals surface area contributed by atoms with E-state index >= 15 is 0 Å². The fourth-order valence-corrected chi connectivity index (χ4v) is 5.96. The Morgan fingerprint density at radius 2 is 1.61 bits per heavy atom. The third-order valence-electron chi connectivity index (χ3n) is 6.61. The molecule has 1 aliphatic carbocycles. The Hall–Kier alpha value is -2.45. The van der Waals surface area contributed by atoms with E-state index in [-0.39, 0.29) is 22.7 Å². The average molecular weight is 474 g/mol. The van der Waals surface area contributed by atoms with Gasteiger partial charge in [0, 0.05) is 38.6 Å². The molecule has 8 heteroatoms. The summed E-state index contributed by atoms with van der Waals surface area (Å²) in [6.45, 7) is 2.34. The SMILES string of the molecule is O=C(CCc1ccc(S(=O)(=O)NC2CCCCC2)cc1)N1CCN(c2ccccc2F)CC1. The van der Waals surface area contributed by atoms with Crippen molar-refractivity contribution in [3.8, 4) is 0 Å². The van der Waals surface area contributed by atoms with Crippen LogP contribution < -0.4 is 9.62 Å². The molecule has 2 aromatic rings. The lowest BCUT2D eigenvalue weighted by Crippen LogP contribution is -2.49. The third kappa shape index (κ3) is 6.12. The van der Waals surface area contributed by atoms with E-state index in [2.05, 4.69) is 4.72 Å². The molecule has 0 aromatic heterocycles. The van der Waals surface area contributed by atoms with E-state index in [1.54, 1.807) is 36.4 Å². The number of para-hydroxylation sites is 1. The lowest BCUT2D eigenvalue weighted by Gasteiger charge is -2.36. The number of sulfonamides is 1. The Morgan fingerprint density at radius 1 is 0.939 bits per heavy atom. The van der Waals surface area contributed by atoms with Crippen molar-refractivity contribution in [1.82, 2.24) is 9.62 Å². The molecule has 0 atom stereocenters. The highest BCUT2D eigenvalue weighted by molar-refractivity contribution is 7.89. The van der Waals surface area contributed by atoms with E-state index in [4.69, 9.17) is 0 Å². The monoisotopic (exact) mass is 473 g/mol. The van der Waals surface area contributed by atoms with Gasteiger partial charge in [0.1, 0.15) is 5.82 Å². The number of halogens is 1. The molecule has 0 unspecified atom stereocenters. The molecule has 33 heavy (non-hydrogen) atoms. The first-order chi connectivity index (χ1) is 15.9. The zero-order chi connectivity index (χ0) is 23.3. The van der Waals surface area contributed by atoms with Gasteiger partial charge < -0.3 is 9.80 Å². The number of hydrogen-bond donors (Lipinski definition) is 1. The molecule has 4 rings (SSSR count). The molecule has 1 saturated heterocycles. The van der Waals surface area contributed by atoms with Gasteiger partial charge in [-0.25, -0.2) is 17.5 Å². The average Bonchev–Trinajstić information content (AvgIpc) is 2.84. The van der Waals surface area contributed by atoms with Gasteiger partial charge in [-0.15, -0.1) is 0 Å². The first-order valence-corrected chi connectivity index (χ1v) is 13.3. The first-order valence-electron chi connectivity index (χ1n) is 11.8. The lowest BCUT2D eigenvalue weighted by atomic mass is 9.96. The predicted molar refractivity (Wildman–Crippen MR) is 127 cm³/mol. The number of hydrogen-bond acceptors (Lipinski definition) is 4. The molecule has 6 nitrogen and oxygen atoms in total. The van der Waals surface area contributed by atoms with Crippen LogP contribution in [0, 0.1) is 5.82 Å². The Bertz CT molecular complexity index is 1040. The molecule has 1 amide bonds. The van der Waals surface area contributed by atoms with Crippen LogP contribution in [0.25, 0.3) is 0 Å². The highest BCUT2D eigenvalue weighted by Crippen LogP contribution is 2.22. The molecule has 0 bridgehead atoms. The molecule has 1 N–H and O–H groups in total. The standard InChI is InChI=1S/C25H32FN3O3S/c26-23-8-4-5-9-24(23)28-16-18-29(19-17-28)25(30)15-12-20-10-13-22(14-11-20)33(31,32)27-21-6-2-1-3-7-21/h4-5,8-11,13-14,21,27H,1-3,6-7,12,15-19H2. The van der Waals surface area contributed by atoms with Gasteiger partial charge in [-0.3, -0.25) is 4.79 Å². The number of carbonyl (C=O) groups is 1. The van der Waals surface area contributed by atoms with Gasteiger partial charge in [-0.1, -0.05) is 43.5 Å². The Balaban J connectivity index is 1.25. The van der Waals surface area contributed by atoms with Crippen LogP contribution in [0.4, 0.5) is 10.1 Å². The van der Waals surface area contributed by atoms with Crippen LogP contribution in [0.1, 0.15) is 44.1 Å². The summed E-state index contributed by atoms with van der Waals surface area (Å²) in [5.74, 6) is -0.171. The third-order valence-corrected chi connectivity index (χ3v) is 8.15. The second-order valence-electron chi connectivity index (χ2n) is 8.92. The van der Waals surface area contributed by atoms with Crippen molar-refractivity contribution in [3.63, 3.8) is 0 Å². The van der Waals surface area contributed by atoms with E-state index in [1.165, 1.54) is 12.5 Å². The van der Waals surface area contributed by atoms with Crippen molar-refractivity contribution in [2.24, 2.45) is 0 Å². The number of rotatable bonds is 7. The predicted octanol–water partition coefficient (Wildman–Crippen LogP) is 3.72. The van der Waals surface area contributed by atoms with E-state index in [0.29, 0.717) is 44.7 Å². The maximum atomic E-state index is 14.0. The van der Waals surface area contributed by atoms with Gasteiger partial charge in [0.05, 0.1) is 10.6 Å². The van der Waals surface area contributed by atoms with E-state index in [0.717, 1.165) is 31.2 Å². The number of benzene rings is 2. The molecular formula is C25H32FN3O3S. The van der Waals surface area contributed by atoms with Crippen LogP contribution in [0.3, 0.4) is 0 Å². The molecule has 2 aromatic carbocycles. The Morgan fingerprint density at radius 3 is 2.27 bits per heavy atom. The van der Waals surface area contributed by atoms with Crippen molar-refractivity contribution in [2.45, 2.75) is 55.9 Å². The van der Waals surface area contributed by atoms with E-state index in [1.807, 2.05) is 15.9 Å². The smallest absolute Gasteiger partial charge is 0.240 e. The summed E-state index contributed by atoms with van der Waals surface area (Å²) in [7, 11) is -3.51. The molecule has 1 aliphatic heterocycles. The molecular weight excluding hydrogens is 441 g/mol. The van der Waals surface area contributed by atoms with Crippen molar-refractivity contribution < 1.29 is 17.6 Å². The van der Waals surface area contributed by atoms with Crippen LogP contribution in [-0.4, -0.2) is 51.4 Å². The first kappa shape index (κ1) is 23.7. The number of piperazine rings is 1. The number of anilines is 1. The van der Waals surface area contributed by atoms with Crippen molar-refractivity contribution in [3.05, 3.63) is 59.9 Å². The van der Waals surface area contributed by atoms with Crippen LogP contribution in [0.2, 0.25) is 0 Å². The van der Waals surface area contributed by atoms with Gasteiger partial charge >= 0.3 is 0 Å². The maximum Gasteiger partial charge on any atom is 0.240 e. The number of nitrogens with one attached hydrogen (secondary N) is 1. The van der Waals surface area contributed by atoms with Gasteiger partial charge in [0.25, 0.3) is 0 Å². The number of nitrogens with zero attached hydrogens (tertiary/aromatic N) is 2. The van der Waals surface area contributed by atoms with E-state index in [9.17, 15) is 17.6 Å². The highest BCUT2D eigenvalue weighted by atomic mass is 32.2. The maximum absolute atomic E-state index is 14.0. The summed E-state index contributed by atoms with van der Waals surface area (Å²) >= 11 is 0. The summed E-state index contributed by atoms with van der Waals surface area (Å²) in [6.07, 6.45) is 6.03. The fourth-order valence-electron chi connectivity index (χ4n) is 4.66.